The Labute approximate surface area is 297 Å². The van der Waals surface area contributed by atoms with Gasteiger partial charge in [0.1, 0.15) is 11.0 Å². The fourth-order valence-electron chi connectivity index (χ4n) is 13.0. The van der Waals surface area contributed by atoms with Crippen LogP contribution in [0.2, 0.25) is 0 Å². The fraction of sp³-hybridized carbons (Fsp3) is 0.738. The minimum atomic E-state index is -1.15. The Bertz CT molecular complexity index is 1610. The highest BCUT2D eigenvalue weighted by Gasteiger charge is 2.71. The molecule has 6 rings (SSSR count). The van der Waals surface area contributed by atoms with Crippen LogP contribution in [0.25, 0.3) is 0 Å². The van der Waals surface area contributed by atoms with Crippen molar-refractivity contribution >= 4 is 29.2 Å². The van der Waals surface area contributed by atoms with Gasteiger partial charge in [0.15, 0.2) is 0 Å². The molecule has 1 aromatic rings. The normalized spacial score (nSPS) is 40.7. The van der Waals surface area contributed by atoms with Crippen molar-refractivity contribution in [1.82, 2.24) is 0 Å². The van der Waals surface area contributed by atoms with Gasteiger partial charge < -0.3 is 14.9 Å². The van der Waals surface area contributed by atoms with E-state index in [1.54, 1.807) is 13.8 Å². The van der Waals surface area contributed by atoms with Crippen molar-refractivity contribution < 1.29 is 29.3 Å². The van der Waals surface area contributed by atoms with Crippen LogP contribution in [-0.2, 0) is 14.3 Å². The molecular formula is C42H58O6S. The van der Waals surface area contributed by atoms with Gasteiger partial charge in [-0.3, -0.25) is 9.59 Å². The summed E-state index contributed by atoms with van der Waals surface area (Å²) < 4.78 is 6.16. The molecule has 1 aromatic heterocycles. The van der Waals surface area contributed by atoms with Gasteiger partial charge in [-0.15, -0.1) is 11.3 Å². The molecule has 0 radical (unpaired) electrons. The smallest absolute Gasteiger partial charge is 0.347 e. The van der Waals surface area contributed by atoms with Crippen LogP contribution >= 0.6 is 11.3 Å². The first-order valence-electron chi connectivity index (χ1n) is 18.7. The lowest BCUT2D eigenvalue weighted by Gasteiger charge is -2.72. The molecule has 49 heavy (non-hydrogen) atoms. The summed E-state index contributed by atoms with van der Waals surface area (Å²) in [4.78, 5) is 37.0. The number of carboxylic acid groups (broad SMARTS) is 2. The molecule has 4 unspecified atom stereocenters. The molecule has 0 amide bonds. The first kappa shape index (κ1) is 36.2. The van der Waals surface area contributed by atoms with Crippen LogP contribution in [0.1, 0.15) is 141 Å². The number of ether oxygens (including phenoxy) is 1. The first-order valence-corrected chi connectivity index (χ1v) is 19.5. The van der Waals surface area contributed by atoms with E-state index in [1.165, 1.54) is 29.8 Å². The molecule has 0 saturated heterocycles. The van der Waals surface area contributed by atoms with Crippen LogP contribution in [-0.4, -0.2) is 34.2 Å². The van der Waals surface area contributed by atoms with Gasteiger partial charge in [-0.25, -0.2) is 4.79 Å². The average molecular weight is 691 g/mol. The number of allylic oxidation sites excluding steroid dienone is 1. The topological polar surface area (TPSA) is 101 Å². The van der Waals surface area contributed by atoms with Crippen LogP contribution in [0.15, 0.2) is 23.6 Å². The van der Waals surface area contributed by atoms with Gasteiger partial charge in [0.2, 0.25) is 0 Å². The lowest BCUT2D eigenvalue weighted by Crippen LogP contribution is -2.66. The van der Waals surface area contributed by atoms with E-state index < -0.39 is 23.3 Å². The SMILES string of the molecule is C=C(C)[C@H]1CC[C@]2(C#Cc3ccsc3C(=O)O)CC[C@]3(C)C(CCC4[C@@]5(C)CC[C@H](OC(=O)CC(C)(C)C(=O)O)C(C)(C)C5CC[C@]43C)C12. The van der Waals surface area contributed by atoms with Crippen LogP contribution < -0.4 is 0 Å². The summed E-state index contributed by atoms with van der Waals surface area (Å²) >= 11 is 1.25. The molecule has 268 valence electrons. The number of thiophene rings is 1. The number of esters is 1. The highest BCUT2D eigenvalue weighted by molar-refractivity contribution is 7.12. The maximum Gasteiger partial charge on any atom is 0.347 e. The highest BCUT2D eigenvalue weighted by atomic mass is 32.1. The molecule has 0 bridgehead atoms. The molecule has 5 aliphatic rings. The maximum atomic E-state index is 13.1. The van der Waals surface area contributed by atoms with Gasteiger partial charge in [-0.1, -0.05) is 58.6 Å². The summed E-state index contributed by atoms with van der Waals surface area (Å²) in [6, 6.07) is 1.87. The molecule has 7 heteroatoms. The molecule has 2 N–H and O–H groups in total. The van der Waals surface area contributed by atoms with Crippen molar-refractivity contribution in [2.24, 2.45) is 62.1 Å². The van der Waals surface area contributed by atoms with E-state index in [9.17, 15) is 24.6 Å². The molecule has 5 saturated carbocycles. The van der Waals surface area contributed by atoms with Crippen LogP contribution in [0.4, 0.5) is 0 Å². The zero-order chi connectivity index (χ0) is 35.9. The quantitative estimate of drug-likeness (QED) is 0.175. The van der Waals surface area contributed by atoms with Crippen molar-refractivity contribution in [3.05, 3.63) is 34.0 Å². The highest BCUT2D eigenvalue weighted by Crippen LogP contribution is 2.77. The van der Waals surface area contributed by atoms with Gasteiger partial charge in [0, 0.05) is 16.4 Å². The van der Waals surface area contributed by atoms with Crippen LogP contribution in [0.5, 0.6) is 0 Å². The Kier molecular flexibility index (Phi) is 8.86. The largest absolute Gasteiger partial charge is 0.481 e. The number of hydrogen-bond acceptors (Lipinski definition) is 5. The molecule has 5 aliphatic carbocycles. The third-order valence-electron chi connectivity index (χ3n) is 15.8. The number of aromatic carboxylic acids is 1. The van der Waals surface area contributed by atoms with Crippen molar-refractivity contribution in [2.45, 2.75) is 132 Å². The minimum Gasteiger partial charge on any atom is -0.481 e. The average Bonchev–Trinajstić information content (AvgIpc) is 3.63. The Morgan fingerprint density at radius 3 is 2.31 bits per heavy atom. The van der Waals surface area contributed by atoms with Crippen molar-refractivity contribution in [1.29, 1.82) is 0 Å². The first-order chi connectivity index (χ1) is 22.7. The number of fused-ring (bicyclic) bond motifs is 7. The Morgan fingerprint density at radius 1 is 0.939 bits per heavy atom. The van der Waals surface area contributed by atoms with Gasteiger partial charge in [0.05, 0.1) is 11.8 Å². The molecule has 0 aromatic carbocycles. The van der Waals surface area contributed by atoms with E-state index in [0.717, 1.165) is 51.4 Å². The minimum absolute atomic E-state index is 0.116. The lowest BCUT2D eigenvalue weighted by molar-refractivity contribution is -0.247. The van der Waals surface area contributed by atoms with Crippen molar-refractivity contribution in [3.8, 4) is 11.8 Å². The zero-order valence-corrected chi connectivity index (χ0v) is 31.9. The van der Waals surface area contributed by atoms with Gasteiger partial charge in [-0.2, -0.15) is 0 Å². The summed E-state index contributed by atoms with van der Waals surface area (Å²) in [5.74, 6) is 7.29. The number of carboxylic acids is 2. The third kappa shape index (κ3) is 5.44. The maximum absolute atomic E-state index is 13.1. The molecule has 6 nitrogen and oxygen atoms in total. The standard InChI is InChI=1S/C42H58O6S/c1-25(2)27-13-20-42(19-12-26-16-23-49-34(26)35(44)45)22-21-40(8)28(33(27)42)10-11-30-39(7)17-15-31(48-32(43)24-37(3,4)36(46)47)38(5,6)29(39)14-18-41(30,40)9/h16,23,27-31,33H,1,10-11,13-15,17-18,20-22,24H2,2-9H3,(H,44,45)(H,46,47)/t27-,28?,29?,30?,31+,33?,39+,40-,41-,42-/m1/s1. The van der Waals surface area contributed by atoms with Crippen molar-refractivity contribution in [2.75, 3.05) is 0 Å². The van der Waals surface area contributed by atoms with Gasteiger partial charge in [-0.05, 0) is 142 Å². The molecule has 5 fully saturated rings. The van der Waals surface area contributed by atoms with E-state index >= 15 is 0 Å². The van der Waals surface area contributed by atoms with Crippen LogP contribution in [0.3, 0.4) is 0 Å². The van der Waals surface area contributed by atoms with Gasteiger partial charge >= 0.3 is 17.9 Å². The number of rotatable bonds is 6. The predicted octanol–water partition coefficient (Wildman–Crippen LogP) is 9.87. The molecule has 0 aliphatic heterocycles. The van der Waals surface area contributed by atoms with Gasteiger partial charge in [0.25, 0.3) is 0 Å². The van der Waals surface area contributed by atoms with Crippen molar-refractivity contribution in [3.63, 3.8) is 0 Å². The fourth-order valence-corrected chi connectivity index (χ4v) is 13.6. The van der Waals surface area contributed by atoms with E-state index in [0.29, 0.717) is 40.0 Å². The molecular weight excluding hydrogens is 633 g/mol. The second-order valence-corrected chi connectivity index (χ2v) is 19.7. The summed E-state index contributed by atoms with van der Waals surface area (Å²) in [6.45, 7) is 22.2. The number of carbonyl (C=O) groups is 3. The Hall–Kier alpha value is -2.59. The summed E-state index contributed by atoms with van der Waals surface area (Å²) in [5.41, 5.74) is 0.881. The molecule has 1 heterocycles. The lowest BCUT2D eigenvalue weighted by atomic mass is 9.32. The van der Waals surface area contributed by atoms with Crippen LogP contribution in [0, 0.1) is 73.9 Å². The zero-order valence-electron chi connectivity index (χ0n) is 31.0. The van der Waals surface area contributed by atoms with E-state index in [-0.39, 0.29) is 39.6 Å². The number of carbonyl (C=O) groups excluding carboxylic acids is 1. The third-order valence-corrected chi connectivity index (χ3v) is 16.7. The van der Waals surface area contributed by atoms with E-state index in [2.05, 4.69) is 60.0 Å². The van der Waals surface area contributed by atoms with E-state index in [4.69, 9.17) is 4.74 Å². The Morgan fingerprint density at radius 2 is 1.65 bits per heavy atom. The molecule has 10 atom stereocenters. The summed E-state index contributed by atoms with van der Waals surface area (Å²) in [5, 5.41) is 21.2. The second-order valence-electron chi connectivity index (χ2n) is 18.8. The summed E-state index contributed by atoms with van der Waals surface area (Å²) in [6.07, 6.45) is 10.5. The number of aliphatic carboxylic acids is 1. The predicted molar refractivity (Wildman–Crippen MR) is 193 cm³/mol. The number of hydrogen-bond donors (Lipinski definition) is 2. The summed E-state index contributed by atoms with van der Waals surface area (Å²) in [7, 11) is 0. The Balaban J connectivity index is 1.29. The monoisotopic (exact) mass is 690 g/mol. The van der Waals surface area contributed by atoms with E-state index in [1.807, 2.05) is 11.4 Å². The molecule has 0 spiro atoms. The second kappa shape index (κ2) is 12.0.